The van der Waals surface area contributed by atoms with Crippen molar-refractivity contribution in [2.75, 3.05) is 13.1 Å². The van der Waals surface area contributed by atoms with Crippen molar-refractivity contribution in [1.29, 1.82) is 0 Å². The SMILES string of the molecule is Brc1ccc(OC2CCNC2)o1. The first-order chi connectivity index (χ1) is 5.84. The monoisotopic (exact) mass is 231 g/mol. The summed E-state index contributed by atoms with van der Waals surface area (Å²) in [6, 6.07) is 3.65. The van der Waals surface area contributed by atoms with Gasteiger partial charge >= 0.3 is 0 Å². The first-order valence-electron chi connectivity index (χ1n) is 3.97. The third-order valence-corrected chi connectivity index (χ3v) is 2.27. The molecule has 1 fully saturated rings. The molecular formula is C8H10BrNO2. The Morgan fingerprint density at radius 3 is 3.08 bits per heavy atom. The van der Waals surface area contributed by atoms with Gasteiger partial charge in [0.2, 0.25) is 0 Å². The minimum atomic E-state index is 0.267. The van der Waals surface area contributed by atoms with E-state index in [1.807, 2.05) is 12.1 Å². The van der Waals surface area contributed by atoms with Crippen molar-refractivity contribution >= 4 is 15.9 Å². The van der Waals surface area contributed by atoms with Crippen molar-refractivity contribution in [3.05, 3.63) is 16.8 Å². The van der Waals surface area contributed by atoms with E-state index in [2.05, 4.69) is 21.2 Å². The number of furan rings is 1. The Morgan fingerprint density at radius 1 is 1.58 bits per heavy atom. The third kappa shape index (κ3) is 1.81. The summed E-state index contributed by atoms with van der Waals surface area (Å²) < 4.78 is 11.5. The van der Waals surface area contributed by atoms with Crippen LogP contribution in [0.3, 0.4) is 0 Å². The number of hydrogen-bond donors (Lipinski definition) is 1. The highest BCUT2D eigenvalue weighted by Gasteiger charge is 2.16. The van der Waals surface area contributed by atoms with Crippen LogP contribution in [0.25, 0.3) is 0 Å². The molecule has 1 aromatic rings. The van der Waals surface area contributed by atoms with Crippen molar-refractivity contribution < 1.29 is 9.15 Å². The Morgan fingerprint density at radius 2 is 2.50 bits per heavy atom. The van der Waals surface area contributed by atoms with Crippen LogP contribution in [0.15, 0.2) is 21.2 Å². The van der Waals surface area contributed by atoms with Gasteiger partial charge < -0.3 is 14.5 Å². The van der Waals surface area contributed by atoms with Crippen LogP contribution in [0.5, 0.6) is 5.95 Å². The molecular weight excluding hydrogens is 222 g/mol. The lowest BCUT2D eigenvalue weighted by molar-refractivity contribution is 0.169. The molecule has 12 heavy (non-hydrogen) atoms. The van der Waals surface area contributed by atoms with Crippen LogP contribution in [0.1, 0.15) is 6.42 Å². The zero-order valence-corrected chi connectivity index (χ0v) is 8.13. The molecule has 1 N–H and O–H groups in total. The fourth-order valence-corrected chi connectivity index (χ4v) is 1.55. The Balaban J connectivity index is 1.94. The highest BCUT2D eigenvalue weighted by atomic mass is 79.9. The summed E-state index contributed by atoms with van der Waals surface area (Å²) in [6.45, 7) is 1.95. The number of nitrogens with one attached hydrogen (secondary N) is 1. The summed E-state index contributed by atoms with van der Waals surface area (Å²) in [6.07, 6.45) is 1.32. The van der Waals surface area contributed by atoms with Gasteiger partial charge in [0.15, 0.2) is 4.67 Å². The molecule has 1 aromatic heterocycles. The van der Waals surface area contributed by atoms with Crippen LogP contribution >= 0.6 is 15.9 Å². The van der Waals surface area contributed by atoms with Crippen molar-refractivity contribution in [3.63, 3.8) is 0 Å². The summed E-state index contributed by atoms with van der Waals surface area (Å²) in [5.74, 6) is 0.593. The minimum Gasteiger partial charge on any atom is -0.460 e. The van der Waals surface area contributed by atoms with E-state index in [0.29, 0.717) is 10.6 Å². The Bertz CT molecular complexity index is 255. The lowest BCUT2D eigenvalue weighted by Crippen LogP contribution is -2.19. The van der Waals surface area contributed by atoms with Gasteiger partial charge in [0, 0.05) is 12.6 Å². The number of rotatable bonds is 2. The fourth-order valence-electron chi connectivity index (χ4n) is 1.25. The highest BCUT2D eigenvalue weighted by molar-refractivity contribution is 9.10. The van der Waals surface area contributed by atoms with Crippen LogP contribution in [0.2, 0.25) is 0 Å². The highest BCUT2D eigenvalue weighted by Crippen LogP contribution is 2.22. The van der Waals surface area contributed by atoms with E-state index in [9.17, 15) is 0 Å². The first kappa shape index (κ1) is 8.13. The van der Waals surface area contributed by atoms with E-state index in [1.165, 1.54) is 0 Å². The lowest BCUT2D eigenvalue weighted by Gasteiger charge is -2.07. The summed E-state index contributed by atoms with van der Waals surface area (Å²) in [5.41, 5.74) is 0. The van der Waals surface area contributed by atoms with E-state index >= 15 is 0 Å². The molecule has 0 aromatic carbocycles. The van der Waals surface area contributed by atoms with Crippen molar-refractivity contribution in [2.24, 2.45) is 0 Å². The van der Waals surface area contributed by atoms with Gasteiger partial charge in [0.25, 0.3) is 5.95 Å². The van der Waals surface area contributed by atoms with Gasteiger partial charge in [-0.15, -0.1) is 0 Å². The van der Waals surface area contributed by atoms with Crippen LogP contribution in [-0.4, -0.2) is 19.2 Å². The molecule has 0 spiro atoms. The van der Waals surface area contributed by atoms with Crippen molar-refractivity contribution in [1.82, 2.24) is 5.32 Å². The second-order valence-electron chi connectivity index (χ2n) is 2.79. The van der Waals surface area contributed by atoms with E-state index in [0.717, 1.165) is 19.5 Å². The number of halogens is 1. The van der Waals surface area contributed by atoms with Gasteiger partial charge in [-0.1, -0.05) is 0 Å². The normalized spacial score (nSPS) is 22.9. The molecule has 4 heteroatoms. The summed E-state index contributed by atoms with van der Waals surface area (Å²) in [5, 5.41) is 3.22. The van der Waals surface area contributed by atoms with Gasteiger partial charge in [-0.3, -0.25) is 0 Å². The summed E-state index contributed by atoms with van der Waals surface area (Å²) in [4.78, 5) is 0. The Hall–Kier alpha value is -0.480. The Labute approximate surface area is 79.2 Å². The van der Waals surface area contributed by atoms with Crippen molar-refractivity contribution in [3.8, 4) is 5.95 Å². The standard InChI is InChI=1S/C8H10BrNO2/c9-7-1-2-8(12-7)11-6-3-4-10-5-6/h1-2,6,10H,3-5H2. The topological polar surface area (TPSA) is 34.4 Å². The predicted octanol–water partition coefficient (Wildman–Crippen LogP) is 1.78. The summed E-state index contributed by atoms with van der Waals surface area (Å²) >= 11 is 3.22. The largest absolute Gasteiger partial charge is 0.460 e. The molecule has 3 nitrogen and oxygen atoms in total. The van der Waals surface area contributed by atoms with Gasteiger partial charge in [0.1, 0.15) is 6.10 Å². The van der Waals surface area contributed by atoms with E-state index in [1.54, 1.807) is 0 Å². The molecule has 0 aliphatic carbocycles. The van der Waals surface area contributed by atoms with E-state index < -0.39 is 0 Å². The molecule has 66 valence electrons. The lowest BCUT2D eigenvalue weighted by atomic mass is 10.3. The first-order valence-corrected chi connectivity index (χ1v) is 4.76. The smallest absolute Gasteiger partial charge is 0.285 e. The number of ether oxygens (including phenoxy) is 1. The second kappa shape index (κ2) is 3.49. The Kier molecular flexibility index (Phi) is 2.37. The molecule has 0 bridgehead atoms. The molecule has 1 aliphatic rings. The average molecular weight is 232 g/mol. The molecule has 1 unspecified atom stereocenters. The van der Waals surface area contributed by atoms with Crippen molar-refractivity contribution in [2.45, 2.75) is 12.5 Å². The zero-order valence-electron chi connectivity index (χ0n) is 6.55. The van der Waals surface area contributed by atoms with Crippen LogP contribution in [0, 0.1) is 0 Å². The van der Waals surface area contributed by atoms with Gasteiger partial charge in [-0.25, -0.2) is 0 Å². The van der Waals surface area contributed by atoms with E-state index in [-0.39, 0.29) is 6.10 Å². The predicted molar refractivity (Wildman–Crippen MR) is 48.3 cm³/mol. The zero-order chi connectivity index (χ0) is 8.39. The molecule has 1 aliphatic heterocycles. The van der Waals surface area contributed by atoms with Gasteiger partial charge in [-0.2, -0.15) is 0 Å². The fraction of sp³-hybridized carbons (Fsp3) is 0.500. The number of hydrogen-bond acceptors (Lipinski definition) is 3. The molecule has 2 heterocycles. The maximum absolute atomic E-state index is 5.54. The van der Waals surface area contributed by atoms with Gasteiger partial charge in [-0.05, 0) is 35.0 Å². The summed E-state index contributed by atoms with van der Waals surface area (Å²) in [7, 11) is 0. The molecule has 2 rings (SSSR count). The molecule has 0 amide bonds. The van der Waals surface area contributed by atoms with Gasteiger partial charge in [0.05, 0.1) is 0 Å². The average Bonchev–Trinajstić information content (AvgIpc) is 2.63. The molecule has 1 saturated heterocycles. The quantitative estimate of drug-likeness (QED) is 0.843. The minimum absolute atomic E-state index is 0.267. The van der Waals surface area contributed by atoms with E-state index in [4.69, 9.17) is 9.15 Å². The van der Waals surface area contributed by atoms with Crippen LogP contribution in [0.4, 0.5) is 0 Å². The second-order valence-corrected chi connectivity index (χ2v) is 3.57. The molecule has 0 saturated carbocycles. The van der Waals surface area contributed by atoms with Crippen LogP contribution < -0.4 is 10.1 Å². The van der Waals surface area contributed by atoms with Crippen LogP contribution in [-0.2, 0) is 0 Å². The maximum Gasteiger partial charge on any atom is 0.285 e. The molecule has 1 atom stereocenters. The maximum atomic E-state index is 5.54. The third-order valence-electron chi connectivity index (χ3n) is 1.85. The molecule has 0 radical (unpaired) electrons.